The summed E-state index contributed by atoms with van der Waals surface area (Å²) in [6.07, 6.45) is 9.34. The van der Waals surface area contributed by atoms with Gasteiger partial charge in [-0.1, -0.05) is 57.3 Å². The van der Waals surface area contributed by atoms with E-state index in [1.165, 1.54) is 43.4 Å². The molecule has 2 fully saturated rings. The Morgan fingerprint density at radius 1 is 1.31 bits per heavy atom. The predicted octanol–water partition coefficient (Wildman–Crippen LogP) is 2.95. The first-order chi connectivity index (χ1) is 12.6. The van der Waals surface area contributed by atoms with Crippen LogP contribution in [0.5, 0.6) is 5.19 Å². The zero-order valence-corrected chi connectivity index (χ0v) is 16.7. The van der Waals surface area contributed by atoms with Crippen LogP contribution < -0.4 is 15.4 Å². The first-order valence-corrected chi connectivity index (χ1v) is 10.3. The summed E-state index contributed by atoms with van der Waals surface area (Å²) in [7, 11) is 0. The average molecular weight is 388 g/mol. The van der Waals surface area contributed by atoms with Gasteiger partial charge in [-0.15, -0.1) is 0 Å². The maximum Gasteiger partial charge on any atom is 0.407 e. The Labute approximate surface area is 160 Å². The number of hydrogen-bond acceptors (Lipinski definition) is 7. The number of alkyl carbamates (subject to hydrolysis) is 1. The number of carbonyl (C=O) groups excluding carboxylic acids is 1. The minimum atomic E-state index is -0.485. The summed E-state index contributed by atoms with van der Waals surface area (Å²) < 4.78 is 9.79. The largest absolute Gasteiger partial charge is 0.467 e. The quantitative estimate of drug-likeness (QED) is 0.695. The van der Waals surface area contributed by atoms with E-state index in [2.05, 4.69) is 20.4 Å². The minimum absolute atomic E-state index is 0.285. The Balaban J connectivity index is 0.000000231. The Morgan fingerprint density at radius 3 is 2.42 bits per heavy atom. The molecule has 1 unspecified atom stereocenters. The molecule has 1 aliphatic heterocycles. The number of nitrogens with zero attached hydrogens (tertiary/aromatic N) is 1. The summed E-state index contributed by atoms with van der Waals surface area (Å²) in [6, 6.07) is 0.379. The highest BCUT2D eigenvalue weighted by atomic mass is 32.1. The first-order valence-electron chi connectivity index (χ1n) is 9.42. The number of ether oxygens (including phenoxy) is 2. The fraction of sp³-hybridized carbons (Fsp3) is 0.778. The van der Waals surface area contributed by atoms with E-state index < -0.39 is 6.10 Å². The molecule has 0 radical (unpaired) electrons. The van der Waals surface area contributed by atoms with Gasteiger partial charge in [0.2, 0.25) is 0 Å². The smallest absolute Gasteiger partial charge is 0.407 e. The molecule has 1 atom stereocenters. The molecule has 0 spiro atoms. The lowest BCUT2D eigenvalue weighted by Crippen LogP contribution is -2.35. The van der Waals surface area contributed by atoms with Gasteiger partial charge in [-0.2, -0.15) is 0 Å². The highest BCUT2D eigenvalue weighted by Crippen LogP contribution is 2.15. The van der Waals surface area contributed by atoms with Crippen molar-refractivity contribution in [3.05, 3.63) is 11.6 Å². The number of nitrogens with one attached hydrogen (secondary N) is 2. The third-order valence-electron chi connectivity index (χ3n) is 3.64. The standard InChI is InChI=1S/C9H16N2O2S.C5H10.C4H7NO2/c1-7(2)11-5-8(12)6-13-9-10-3-4-14-9;1-2-4-5-3-1;6-4-5-2-1-3-7-4/h3-4,7-8,11-12H,5-6H2,1-2H3;1-5H2;1-3H2,(H,5,6). The van der Waals surface area contributed by atoms with Crippen LogP contribution in [0, 0.1) is 0 Å². The second kappa shape index (κ2) is 14.8. The van der Waals surface area contributed by atoms with Crippen molar-refractivity contribution in [2.24, 2.45) is 0 Å². The number of cyclic esters (lactones) is 1. The topological polar surface area (TPSA) is 92.7 Å². The van der Waals surface area contributed by atoms with E-state index in [9.17, 15) is 9.90 Å². The lowest BCUT2D eigenvalue weighted by molar-refractivity contribution is 0.104. The molecule has 3 N–H and O–H groups in total. The molecular weight excluding hydrogens is 354 g/mol. The van der Waals surface area contributed by atoms with Crippen LogP contribution in [0.3, 0.4) is 0 Å². The van der Waals surface area contributed by atoms with Gasteiger partial charge in [0.15, 0.2) is 0 Å². The number of aliphatic hydroxyl groups excluding tert-OH is 1. The maximum absolute atomic E-state index is 10.1. The lowest BCUT2D eigenvalue weighted by Gasteiger charge is -2.13. The summed E-state index contributed by atoms with van der Waals surface area (Å²) in [5, 5.41) is 17.6. The van der Waals surface area contributed by atoms with Gasteiger partial charge in [-0.3, -0.25) is 0 Å². The van der Waals surface area contributed by atoms with Crippen molar-refractivity contribution in [2.75, 3.05) is 26.3 Å². The molecule has 1 saturated carbocycles. The highest BCUT2D eigenvalue weighted by molar-refractivity contribution is 7.11. The number of amides is 1. The Kier molecular flexibility index (Phi) is 12.9. The van der Waals surface area contributed by atoms with Crippen LogP contribution in [0.4, 0.5) is 4.79 Å². The second-order valence-electron chi connectivity index (χ2n) is 6.51. The van der Waals surface area contributed by atoms with Crippen molar-refractivity contribution >= 4 is 17.4 Å². The summed E-state index contributed by atoms with van der Waals surface area (Å²) in [5.41, 5.74) is 0. The van der Waals surface area contributed by atoms with Crippen LogP contribution in [0.25, 0.3) is 0 Å². The molecule has 150 valence electrons. The summed E-state index contributed by atoms with van der Waals surface area (Å²) >= 11 is 1.42. The summed E-state index contributed by atoms with van der Waals surface area (Å²) in [4.78, 5) is 14.1. The maximum atomic E-state index is 10.1. The molecular formula is C18H33N3O4S. The molecule has 3 rings (SSSR count). The molecule has 2 heterocycles. The van der Waals surface area contributed by atoms with Crippen molar-refractivity contribution in [1.82, 2.24) is 15.6 Å². The molecule has 1 saturated heterocycles. The Hall–Kier alpha value is -1.38. The van der Waals surface area contributed by atoms with E-state index in [-0.39, 0.29) is 12.7 Å². The van der Waals surface area contributed by atoms with Gasteiger partial charge in [0, 0.05) is 30.7 Å². The van der Waals surface area contributed by atoms with Crippen molar-refractivity contribution in [1.29, 1.82) is 0 Å². The monoisotopic (exact) mass is 387 g/mol. The number of aliphatic hydroxyl groups is 1. The molecule has 0 aromatic carbocycles. The van der Waals surface area contributed by atoms with Crippen molar-refractivity contribution in [2.45, 2.75) is 64.5 Å². The second-order valence-corrected chi connectivity index (χ2v) is 7.37. The van der Waals surface area contributed by atoms with E-state index in [0.29, 0.717) is 24.4 Å². The van der Waals surface area contributed by atoms with Gasteiger partial charge in [0.1, 0.15) is 12.7 Å². The van der Waals surface area contributed by atoms with E-state index in [0.717, 1.165) is 13.0 Å². The molecule has 2 aliphatic rings. The molecule has 1 amide bonds. The van der Waals surface area contributed by atoms with Crippen molar-refractivity contribution in [3.8, 4) is 5.19 Å². The normalized spacial score (nSPS) is 17.2. The van der Waals surface area contributed by atoms with Crippen LogP contribution in [-0.2, 0) is 4.74 Å². The van der Waals surface area contributed by atoms with Gasteiger partial charge < -0.3 is 25.2 Å². The predicted molar refractivity (Wildman–Crippen MR) is 104 cm³/mol. The highest BCUT2D eigenvalue weighted by Gasteiger charge is 2.06. The molecule has 1 aromatic rings. The van der Waals surface area contributed by atoms with E-state index in [1.807, 2.05) is 19.2 Å². The molecule has 0 bridgehead atoms. The van der Waals surface area contributed by atoms with Gasteiger partial charge in [0.05, 0.1) is 6.61 Å². The lowest BCUT2D eigenvalue weighted by atomic mass is 10.3. The fourth-order valence-electron chi connectivity index (χ4n) is 2.24. The minimum Gasteiger partial charge on any atom is -0.467 e. The summed E-state index contributed by atoms with van der Waals surface area (Å²) in [6.45, 7) is 6.24. The third kappa shape index (κ3) is 12.9. The SMILES string of the molecule is C1CCCC1.CC(C)NCC(O)COc1nccs1.O=C1NCCCO1. The number of thiazole rings is 1. The third-order valence-corrected chi connectivity index (χ3v) is 4.33. The van der Waals surface area contributed by atoms with Crippen LogP contribution in [0.2, 0.25) is 0 Å². The zero-order valence-electron chi connectivity index (χ0n) is 15.9. The molecule has 26 heavy (non-hydrogen) atoms. The van der Waals surface area contributed by atoms with Gasteiger partial charge in [0.25, 0.3) is 5.19 Å². The van der Waals surface area contributed by atoms with Gasteiger partial charge in [-0.05, 0) is 6.42 Å². The van der Waals surface area contributed by atoms with Crippen molar-refractivity contribution < 1.29 is 19.4 Å². The average Bonchev–Trinajstić information content (AvgIpc) is 3.35. The number of carbonyl (C=O) groups is 1. The molecule has 1 aromatic heterocycles. The first kappa shape index (κ1) is 22.7. The number of aromatic nitrogens is 1. The van der Waals surface area contributed by atoms with E-state index in [1.54, 1.807) is 6.20 Å². The number of hydrogen-bond donors (Lipinski definition) is 3. The summed E-state index contributed by atoms with van der Waals surface area (Å²) in [5.74, 6) is 0. The van der Waals surface area contributed by atoms with Crippen molar-refractivity contribution in [3.63, 3.8) is 0 Å². The fourth-order valence-corrected chi connectivity index (χ4v) is 2.74. The number of rotatable bonds is 6. The molecule has 1 aliphatic carbocycles. The van der Waals surface area contributed by atoms with Crippen LogP contribution in [0.15, 0.2) is 11.6 Å². The van der Waals surface area contributed by atoms with E-state index >= 15 is 0 Å². The van der Waals surface area contributed by atoms with E-state index in [4.69, 9.17) is 4.74 Å². The Morgan fingerprint density at radius 2 is 2.00 bits per heavy atom. The van der Waals surface area contributed by atoms with Crippen LogP contribution >= 0.6 is 11.3 Å². The van der Waals surface area contributed by atoms with Crippen LogP contribution in [-0.4, -0.2) is 54.6 Å². The molecule has 8 heteroatoms. The van der Waals surface area contributed by atoms with Gasteiger partial charge >= 0.3 is 6.09 Å². The van der Waals surface area contributed by atoms with Gasteiger partial charge in [-0.25, -0.2) is 9.78 Å². The molecule has 7 nitrogen and oxygen atoms in total. The van der Waals surface area contributed by atoms with Crippen LogP contribution in [0.1, 0.15) is 52.4 Å². The zero-order chi connectivity index (χ0) is 19.0. The Bertz CT molecular complexity index is 438.